The minimum absolute atomic E-state index is 0.178. The van der Waals surface area contributed by atoms with Gasteiger partial charge in [-0.2, -0.15) is 5.10 Å². The number of non-ortho nitro benzene ring substituents is 1. The Morgan fingerprint density at radius 2 is 1.49 bits per heavy atom. The van der Waals surface area contributed by atoms with Gasteiger partial charge in [0, 0.05) is 6.07 Å². The average Bonchev–Trinajstić information content (AvgIpc) is 2.97. The predicted molar refractivity (Wildman–Crippen MR) is 150 cm³/mol. The van der Waals surface area contributed by atoms with E-state index >= 15 is 0 Å². The molecule has 0 saturated carbocycles. The van der Waals surface area contributed by atoms with Gasteiger partial charge in [0.2, 0.25) is 11.7 Å². The van der Waals surface area contributed by atoms with Crippen molar-refractivity contribution in [3.05, 3.63) is 140 Å². The highest BCUT2D eigenvalue weighted by atomic mass is 16.6. The number of rotatable bonds is 11. The van der Waals surface area contributed by atoms with E-state index in [0.29, 0.717) is 5.56 Å². The SMILES string of the molecule is O=C(CNC(=O)C(c1ccccc1)c1ccccc1)NN=Cc1cccc(Oc2ccc([N+](=O)[O-])cc2[N+](=O)[O-])c1. The summed E-state index contributed by atoms with van der Waals surface area (Å²) in [5.41, 5.74) is 3.40. The number of nitro groups is 2. The van der Waals surface area contributed by atoms with Gasteiger partial charge in [-0.05, 0) is 34.9 Å². The van der Waals surface area contributed by atoms with E-state index in [9.17, 15) is 29.8 Å². The lowest BCUT2D eigenvalue weighted by Crippen LogP contribution is -2.37. The molecule has 0 atom stereocenters. The third-order valence-corrected chi connectivity index (χ3v) is 5.79. The molecule has 0 aliphatic rings. The number of carbonyl (C=O) groups is 2. The molecule has 0 saturated heterocycles. The zero-order valence-corrected chi connectivity index (χ0v) is 21.4. The van der Waals surface area contributed by atoms with E-state index in [-0.39, 0.29) is 24.0 Å². The summed E-state index contributed by atoms with van der Waals surface area (Å²) in [6, 6.07) is 27.8. The van der Waals surface area contributed by atoms with Gasteiger partial charge in [-0.3, -0.25) is 29.8 Å². The molecular weight excluding hydrogens is 530 g/mol. The van der Waals surface area contributed by atoms with Gasteiger partial charge >= 0.3 is 5.69 Å². The maximum atomic E-state index is 13.0. The molecule has 12 nitrogen and oxygen atoms in total. The number of carbonyl (C=O) groups excluding carboxylic acids is 2. The lowest BCUT2D eigenvalue weighted by atomic mass is 9.90. The van der Waals surface area contributed by atoms with E-state index in [2.05, 4.69) is 15.8 Å². The molecule has 0 aliphatic heterocycles. The predicted octanol–water partition coefficient (Wildman–Crippen LogP) is 4.69. The Morgan fingerprint density at radius 1 is 0.829 bits per heavy atom. The van der Waals surface area contributed by atoms with Crippen molar-refractivity contribution in [2.24, 2.45) is 5.10 Å². The van der Waals surface area contributed by atoms with Crippen molar-refractivity contribution in [2.45, 2.75) is 5.92 Å². The van der Waals surface area contributed by atoms with Crippen molar-refractivity contribution in [2.75, 3.05) is 6.54 Å². The number of nitrogens with one attached hydrogen (secondary N) is 2. The third-order valence-electron chi connectivity index (χ3n) is 5.79. The second kappa shape index (κ2) is 13.2. The van der Waals surface area contributed by atoms with Crippen molar-refractivity contribution in [3.8, 4) is 11.5 Å². The van der Waals surface area contributed by atoms with Crippen LogP contribution in [0.25, 0.3) is 0 Å². The van der Waals surface area contributed by atoms with Gasteiger partial charge in [0.25, 0.3) is 11.6 Å². The van der Waals surface area contributed by atoms with Gasteiger partial charge in [0.05, 0.1) is 34.6 Å². The normalized spacial score (nSPS) is 10.8. The Balaban J connectivity index is 1.36. The van der Waals surface area contributed by atoms with Crippen LogP contribution in [0.15, 0.2) is 108 Å². The zero-order valence-electron chi connectivity index (χ0n) is 21.4. The molecule has 0 bridgehead atoms. The molecule has 0 spiro atoms. The number of hydrogen-bond acceptors (Lipinski definition) is 8. The number of benzene rings is 4. The molecule has 4 rings (SSSR count). The maximum absolute atomic E-state index is 13.0. The van der Waals surface area contributed by atoms with Crippen LogP contribution in [0.5, 0.6) is 11.5 Å². The molecule has 12 heteroatoms. The molecule has 0 aromatic heterocycles. The van der Waals surface area contributed by atoms with Crippen LogP contribution in [0.2, 0.25) is 0 Å². The van der Waals surface area contributed by atoms with Crippen LogP contribution in [-0.2, 0) is 9.59 Å². The van der Waals surface area contributed by atoms with Crippen molar-refractivity contribution >= 4 is 29.4 Å². The Morgan fingerprint density at radius 3 is 2.10 bits per heavy atom. The second-order valence-corrected chi connectivity index (χ2v) is 8.61. The van der Waals surface area contributed by atoms with Crippen LogP contribution in [0.1, 0.15) is 22.6 Å². The van der Waals surface area contributed by atoms with Gasteiger partial charge in [-0.15, -0.1) is 0 Å². The maximum Gasteiger partial charge on any atom is 0.318 e. The van der Waals surface area contributed by atoms with Crippen LogP contribution in [0.4, 0.5) is 11.4 Å². The van der Waals surface area contributed by atoms with Crippen molar-refractivity contribution in [3.63, 3.8) is 0 Å². The first kappa shape index (κ1) is 28.1. The standard InChI is InChI=1S/C29H23N5O7/c35-27(19-30-29(36)28(21-9-3-1-4-10-21)22-11-5-2-6-12-22)32-31-18-20-8-7-13-24(16-20)41-26-15-14-23(33(37)38)17-25(26)34(39)40/h1-18,28H,19H2,(H,30,36)(H,32,35). The monoisotopic (exact) mass is 553 g/mol. The number of nitro benzene ring substituents is 2. The Labute approximate surface area is 233 Å². The fourth-order valence-corrected chi connectivity index (χ4v) is 3.91. The largest absolute Gasteiger partial charge is 0.450 e. The molecule has 0 radical (unpaired) electrons. The van der Waals surface area contributed by atoms with Gasteiger partial charge in [-0.25, -0.2) is 5.43 Å². The van der Waals surface area contributed by atoms with E-state index < -0.39 is 33.0 Å². The first-order valence-electron chi connectivity index (χ1n) is 12.2. The molecule has 0 fully saturated rings. The Kier molecular flexibility index (Phi) is 9.08. The number of nitrogens with zero attached hydrogens (tertiary/aromatic N) is 3. The molecule has 206 valence electrons. The van der Waals surface area contributed by atoms with Gasteiger partial charge in [0.1, 0.15) is 5.75 Å². The zero-order chi connectivity index (χ0) is 29.2. The highest BCUT2D eigenvalue weighted by Gasteiger charge is 2.23. The molecule has 0 unspecified atom stereocenters. The molecule has 0 aliphatic carbocycles. The first-order valence-corrected chi connectivity index (χ1v) is 12.2. The summed E-state index contributed by atoms with van der Waals surface area (Å²) in [5, 5.41) is 28.8. The summed E-state index contributed by atoms with van der Waals surface area (Å²) in [5.74, 6) is -1.46. The highest BCUT2D eigenvalue weighted by Crippen LogP contribution is 2.34. The van der Waals surface area contributed by atoms with E-state index in [1.165, 1.54) is 18.3 Å². The number of hydrazone groups is 1. The summed E-state index contributed by atoms with van der Waals surface area (Å²) < 4.78 is 5.57. The smallest absolute Gasteiger partial charge is 0.318 e. The van der Waals surface area contributed by atoms with Crippen molar-refractivity contribution < 1.29 is 24.2 Å². The fraction of sp³-hybridized carbons (Fsp3) is 0.0690. The van der Waals surface area contributed by atoms with E-state index in [1.54, 1.807) is 12.1 Å². The lowest BCUT2D eigenvalue weighted by molar-refractivity contribution is -0.394. The van der Waals surface area contributed by atoms with Gasteiger partial charge in [-0.1, -0.05) is 72.8 Å². The van der Waals surface area contributed by atoms with E-state index in [0.717, 1.165) is 29.3 Å². The Hall–Kier alpha value is -5.91. The van der Waals surface area contributed by atoms with Gasteiger partial charge < -0.3 is 10.1 Å². The summed E-state index contributed by atoms with van der Waals surface area (Å²) >= 11 is 0. The van der Waals surface area contributed by atoms with Crippen LogP contribution < -0.4 is 15.5 Å². The molecule has 0 heterocycles. The topological polar surface area (TPSA) is 166 Å². The van der Waals surface area contributed by atoms with Crippen LogP contribution in [0, 0.1) is 20.2 Å². The number of amides is 2. The fourth-order valence-electron chi connectivity index (χ4n) is 3.91. The average molecular weight is 554 g/mol. The quantitative estimate of drug-likeness (QED) is 0.154. The van der Waals surface area contributed by atoms with E-state index in [4.69, 9.17) is 4.74 Å². The van der Waals surface area contributed by atoms with Crippen LogP contribution >= 0.6 is 0 Å². The van der Waals surface area contributed by atoms with Crippen molar-refractivity contribution in [1.29, 1.82) is 0 Å². The summed E-state index contributed by atoms with van der Waals surface area (Å²) in [6.45, 7) is -0.306. The van der Waals surface area contributed by atoms with Gasteiger partial charge in [0.15, 0.2) is 0 Å². The molecule has 2 amide bonds. The minimum atomic E-state index is -0.774. The molecule has 4 aromatic rings. The number of hydrogen-bond donors (Lipinski definition) is 2. The third kappa shape index (κ3) is 7.57. The summed E-state index contributed by atoms with van der Waals surface area (Å²) in [6.07, 6.45) is 1.33. The highest BCUT2D eigenvalue weighted by molar-refractivity contribution is 5.91. The second-order valence-electron chi connectivity index (χ2n) is 8.61. The number of ether oxygens (including phenoxy) is 1. The lowest BCUT2D eigenvalue weighted by Gasteiger charge is -2.17. The molecular formula is C29H23N5O7. The van der Waals surface area contributed by atoms with Crippen molar-refractivity contribution in [1.82, 2.24) is 10.7 Å². The minimum Gasteiger partial charge on any atom is -0.450 e. The molecule has 41 heavy (non-hydrogen) atoms. The molecule has 2 N–H and O–H groups in total. The van der Waals surface area contributed by atoms with E-state index in [1.807, 2.05) is 60.7 Å². The summed E-state index contributed by atoms with van der Waals surface area (Å²) in [7, 11) is 0. The summed E-state index contributed by atoms with van der Waals surface area (Å²) in [4.78, 5) is 46.1. The van der Waals surface area contributed by atoms with Crippen LogP contribution in [0.3, 0.4) is 0 Å². The molecule has 4 aromatic carbocycles. The Bertz CT molecular complexity index is 1550. The first-order chi connectivity index (χ1) is 19.8. The van der Waals surface area contributed by atoms with Crippen LogP contribution in [-0.4, -0.2) is 34.4 Å².